The number of rotatable bonds is 5. The molecule has 1 aromatic heterocycles. The van der Waals surface area contributed by atoms with Crippen LogP contribution in [-0.4, -0.2) is 34.5 Å². The van der Waals surface area contributed by atoms with Gasteiger partial charge in [-0.2, -0.15) is 0 Å². The number of aromatic amines is 1. The highest BCUT2D eigenvalue weighted by Crippen LogP contribution is 2.36. The van der Waals surface area contributed by atoms with E-state index in [1.165, 1.54) is 0 Å². The molecular weight excluding hydrogens is 321 g/mol. The van der Waals surface area contributed by atoms with Crippen molar-refractivity contribution in [3.8, 4) is 5.75 Å². The van der Waals surface area contributed by atoms with E-state index >= 15 is 0 Å². The maximum atomic E-state index is 9.22. The van der Waals surface area contributed by atoms with Crippen molar-refractivity contribution in [2.75, 3.05) is 13.2 Å². The molecule has 0 fully saturated rings. The number of ether oxygens (including phenoxy) is 1. The van der Waals surface area contributed by atoms with Crippen LogP contribution in [0.4, 0.5) is 0 Å². The third-order valence-corrected chi connectivity index (χ3v) is 3.82. The van der Waals surface area contributed by atoms with Gasteiger partial charge in [0.2, 0.25) is 0 Å². The van der Waals surface area contributed by atoms with Crippen LogP contribution in [0.15, 0.2) is 16.6 Å². The molecule has 0 aliphatic carbocycles. The molecule has 4 nitrogen and oxygen atoms in total. The lowest BCUT2D eigenvalue weighted by molar-refractivity contribution is 0.0755. The Morgan fingerprint density at radius 2 is 2.28 bits per heavy atom. The summed E-state index contributed by atoms with van der Waals surface area (Å²) < 4.78 is 6.29. The minimum atomic E-state index is -0.766. The van der Waals surface area contributed by atoms with E-state index in [-0.39, 0.29) is 13.2 Å². The number of H-pyrrole nitrogens is 1. The van der Waals surface area contributed by atoms with E-state index < -0.39 is 6.10 Å². The number of hydrogen-bond donors (Lipinski definition) is 3. The first-order chi connectivity index (χ1) is 8.63. The molecule has 1 radical (unpaired) electrons. The van der Waals surface area contributed by atoms with Gasteiger partial charge in [-0.05, 0) is 28.1 Å². The largest absolute Gasteiger partial charge is 0.490 e. The number of nitrogens with one attached hydrogen (secondary N) is 1. The van der Waals surface area contributed by atoms with E-state index in [4.69, 9.17) is 21.4 Å². The van der Waals surface area contributed by atoms with Crippen molar-refractivity contribution in [1.29, 1.82) is 0 Å². The predicted molar refractivity (Wildman–Crippen MR) is 73.0 cm³/mol. The molecule has 2 rings (SSSR count). The number of fused-ring (bicyclic) bond motifs is 1. The normalized spacial score (nSPS) is 12.9. The smallest absolute Gasteiger partial charge is 0.155 e. The summed E-state index contributed by atoms with van der Waals surface area (Å²) in [5.74, 6) is 0.515. The molecule has 0 amide bonds. The number of benzene rings is 1. The Labute approximate surface area is 118 Å². The van der Waals surface area contributed by atoms with Crippen molar-refractivity contribution in [1.82, 2.24) is 4.98 Å². The van der Waals surface area contributed by atoms with Gasteiger partial charge in [-0.1, -0.05) is 11.6 Å². The Balaban J connectivity index is 2.16. The third kappa shape index (κ3) is 2.80. The molecule has 2 aromatic rings. The van der Waals surface area contributed by atoms with Crippen molar-refractivity contribution < 1.29 is 14.9 Å². The fourth-order valence-electron chi connectivity index (χ4n) is 1.56. The maximum absolute atomic E-state index is 9.22. The Hall–Kier alpha value is -0.750. The zero-order valence-electron chi connectivity index (χ0n) is 9.41. The second kappa shape index (κ2) is 5.93. The fourth-order valence-corrected chi connectivity index (χ4v) is 2.14. The minimum Gasteiger partial charge on any atom is -0.490 e. The standard InChI is InChI=1S/C12H12BrClNO3/c13-8-1-2-9-11(12(8)14)10(5-15-9)18-4-3-7(17)6-16/h1-2,7,15-17H,3-4,6H2. The number of aliphatic hydroxyl groups is 2. The average molecular weight is 334 g/mol. The molecule has 6 heteroatoms. The minimum absolute atomic E-state index is 0.271. The second-order valence-electron chi connectivity index (χ2n) is 3.84. The summed E-state index contributed by atoms with van der Waals surface area (Å²) in [6, 6.07) is 3.71. The van der Waals surface area contributed by atoms with Gasteiger partial charge in [-0.3, -0.25) is 0 Å². The molecule has 3 N–H and O–H groups in total. The molecule has 0 spiro atoms. The first-order valence-corrected chi connectivity index (χ1v) is 6.59. The summed E-state index contributed by atoms with van der Waals surface area (Å²) >= 11 is 9.53. The number of hydrogen-bond acceptors (Lipinski definition) is 3. The molecule has 1 heterocycles. The van der Waals surface area contributed by atoms with E-state index in [1.54, 1.807) is 0 Å². The first kappa shape index (κ1) is 13.7. The lowest BCUT2D eigenvalue weighted by atomic mass is 10.2. The van der Waals surface area contributed by atoms with Crippen molar-refractivity contribution in [3.63, 3.8) is 0 Å². The highest BCUT2D eigenvalue weighted by molar-refractivity contribution is 9.10. The highest BCUT2D eigenvalue weighted by atomic mass is 79.9. The maximum Gasteiger partial charge on any atom is 0.155 e. The predicted octanol–water partition coefficient (Wildman–Crippen LogP) is 2.51. The van der Waals surface area contributed by atoms with Gasteiger partial charge in [-0.25, -0.2) is 0 Å². The SMILES string of the molecule is OCC(O)CCOc1[c][nH]c2ccc(Br)c(Cl)c12. The van der Waals surface area contributed by atoms with Crippen LogP contribution in [0.1, 0.15) is 6.42 Å². The van der Waals surface area contributed by atoms with E-state index in [0.29, 0.717) is 17.2 Å². The Bertz CT molecular complexity index is 543. The number of halogens is 2. The molecule has 0 bridgehead atoms. The lowest BCUT2D eigenvalue weighted by Crippen LogP contribution is -2.15. The van der Waals surface area contributed by atoms with Crippen molar-refractivity contribution in [2.24, 2.45) is 0 Å². The van der Waals surface area contributed by atoms with Crippen molar-refractivity contribution in [2.45, 2.75) is 12.5 Å². The third-order valence-electron chi connectivity index (χ3n) is 2.54. The zero-order chi connectivity index (χ0) is 13.1. The fraction of sp³-hybridized carbons (Fsp3) is 0.333. The van der Waals surface area contributed by atoms with Gasteiger partial charge in [0.15, 0.2) is 5.75 Å². The summed E-state index contributed by atoms with van der Waals surface area (Å²) in [6.45, 7) is 0.0152. The van der Waals surface area contributed by atoms with E-state index in [1.807, 2.05) is 12.1 Å². The summed E-state index contributed by atoms with van der Waals surface area (Å²) in [5.41, 5.74) is 0.834. The molecule has 0 aliphatic heterocycles. The van der Waals surface area contributed by atoms with Crippen LogP contribution in [0.25, 0.3) is 10.9 Å². The summed E-state index contributed by atoms with van der Waals surface area (Å²) in [4.78, 5) is 2.94. The van der Waals surface area contributed by atoms with E-state index in [0.717, 1.165) is 15.4 Å². The van der Waals surface area contributed by atoms with Gasteiger partial charge in [0, 0.05) is 10.9 Å². The Morgan fingerprint density at radius 1 is 1.50 bits per heavy atom. The van der Waals surface area contributed by atoms with Gasteiger partial charge in [0.1, 0.15) is 6.20 Å². The molecule has 0 saturated heterocycles. The Morgan fingerprint density at radius 3 is 3.00 bits per heavy atom. The molecule has 1 unspecified atom stereocenters. The van der Waals surface area contributed by atoms with Crippen LogP contribution < -0.4 is 4.74 Å². The van der Waals surface area contributed by atoms with E-state index in [9.17, 15) is 5.11 Å². The summed E-state index contributed by atoms with van der Waals surface area (Å²) in [6.07, 6.45) is 2.46. The number of aliphatic hydroxyl groups excluding tert-OH is 2. The first-order valence-electron chi connectivity index (χ1n) is 5.42. The zero-order valence-corrected chi connectivity index (χ0v) is 11.8. The van der Waals surface area contributed by atoms with E-state index in [2.05, 4.69) is 27.1 Å². The molecule has 97 valence electrons. The molecule has 1 aromatic carbocycles. The molecule has 0 aliphatic rings. The van der Waals surface area contributed by atoms with Gasteiger partial charge >= 0.3 is 0 Å². The number of aromatic nitrogens is 1. The molecule has 18 heavy (non-hydrogen) atoms. The van der Waals surface area contributed by atoms with Crippen LogP contribution in [0.5, 0.6) is 5.75 Å². The Kier molecular flexibility index (Phi) is 4.50. The topological polar surface area (TPSA) is 65.5 Å². The van der Waals surface area contributed by atoms with Gasteiger partial charge in [-0.15, -0.1) is 0 Å². The van der Waals surface area contributed by atoms with Gasteiger partial charge < -0.3 is 19.9 Å². The second-order valence-corrected chi connectivity index (χ2v) is 5.07. The quantitative estimate of drug-likeness (QED) is 0.788. The lowest BCUT2D eigenvalue weighted by Gasteiger charge is -2.08. The summed E-state index contributed by atoms with van der Waals surface area (Å²) in [7, 11) is 0. The molecule has 1 atom stereocenters. The van der Waals surface area contributed by atoms with Crippen LogP contribution in [0, 0.1) is 6.20 Å². The highest BCUT2D eigenvalue weighted by Gasteiger charge is 2.12. The van der Waals surface area contributed by atoms with Crippen LogP contribution >= 0.6 is 27.5 Å². The summed E-state index contributed by atoms with van der Waals surface area (Å²) in [5, 5.41) is 19.2. The van der Waals surface area contributed by atoms with Crippen molar-refractivity contribution >= 4 is 38.4 Å². The van der Waals surface area contributed by atoms with Crippen molar-refractivity contribution in [3.05, 3.63) is 27.8 Å². The van der Waals surface area contributed by atoms with Crippen LogP contribution in [0.2, 0.25) is 5.02 Å². The average Bonchev–Trinajstić information content (AvgIpc) is 2.77. The van der Waals surface area contributed by atoms with Crippen LogP contribution in [-0.2, 0) is 0 Å². The van der Waals surface area contributed by atoms with Gasteiger partial charge in [0.05, 0.1) is 35.2 Å². The molecule has 0 saturated carbocycles. The van der Waals surface area contributed by atoms with Crippen LogP contribution in [0.3, 0.4) is 0 Å². The van der Waals surface area contributed by atoms with Gasteiger partial charge in [0.25, 0.3) is 0 Å². The monoisotopic (exact) mass is 332 g/mol. The molecular formula is C12H12BrClNO3.